The molecule has 6 heteroatoms. The van der Waals surface area contributed by atoms with E-state index in [1.807, 2.05) is 6.07 Å². The van der Waals surface area contributed by atoms with Crippen molar-refractivity contribution in [2.45, 2.75) is 6.42 Å². The summed E-state index contributed by atoms with van der Waals surface area (Å²) < 4.78 is 0.749. The van der Waals surface area contributed by atoms with Crippen molar-refractivity contribution < 1.29 is 9.59 Å². The molecule has 1 aliphatic rings. The summed E-state index contributed by atoms with van der Waals surface area (Å²) in [6.07, 6.45) is 1.86. The molecule has 0 bridgehead atoms. The van der Waals surface area contributed by atoms with Crippen LogP contribution in [-0.4, -0.2) is 23.3 Å². The van der Waals surface area contributed by atoms with Crippen LogP contribution in [0.2, 0.25) is 0 Å². The second kappa shape index (κ2) is 4.36. The van der Waals surface area contributed by atoms with Gasteiger partial charge in [-0.05, 0) is 34.7 Å². The fourth-order valence-electron chi connectivity index (χ4n) is 1.71. The van der Waals surface area contributed by atoms with Crippen molar-refractivity contribution in [3.05, 3.63) is 22.0 Å². The van der Waals surface area contributed by atoms with Crippen molar-refractivity contribution in [3.8, 4) is 0 Å². The van der Waals surface area contributed by atoms with Crippen molar-refractivity contribution in [1.82, 2.24) is 4.98 Å². The average molecular weight is 331 g/mol. The first-order chi connectivity index (χ1) is 7.59. The van der Waals surface area contributed by atoms with Gasteiger partial charge in [-0.1, -0.05) is 0 Å². The van der Waals surface area contributed by atoms with Crippen LogP contribution < -0.4 is 10.6 Å². The molecule has 0 radical (unpaired) electrons. The molecule has 2 heterocycles. The molecular formula is C10H10IN3O2. The third-order valence-electron chi connectivity index (χ3n) is 2.56. The SMILES string of the molecule is NC(=O)C1CC(=O)N(c2cccnc2I)C1. The summed E-state index contributed by atoms with van der Waals surface area (Å²) in [4.78, 5) is 28.4. The van der Waals surface area contributed by atoms with Crippen molar-refractivity contribution >= 4 is 40.1 Å². The number of nitrogens with zero attached hydrogens (tertiary/aromatic N) is 2. The summed E-state index contributed by atoms with van der Waals surface area (Å²) in [6.45, 7) is 0.357. The van der Waals surface area contributed by atoms with E-state index in [-0.39, 0.29) is 18.2 Å². The lowest BCUT2D eigenvalue weighted by atomic mass is 10.1. The lowest BCUT2D eigenvalue weighted by Gasteiger charge is -2.16. The number of primary amides is 1. The minimum atomic E-state index is -0.422. The predicted octanol–water partition coefficient (Wildman–Crippen LogP) is 0.524. The van der Waals surface area contributed by atoms with Crippen LogP contribution in [0, 0.1) is 9.62 Å². The molecule has 1 aliphatic heterocycles. The fraction of sp³-hybridized carbons (Fsp3) is 0.300. The molecule has 1 atom stereocenters. The molecule has 0 spiro atoms. The Morgan fingerprint density at radius 2 is 2.38 bits per heavy atom. The molecule has 1 aromatic heterocycles. The molecule has 0 aliphatic carbocycles. The summed E-state index contributed by atoms with van der Waals surface area (Å²) in [5.41, 5.74) is 5.95. The van der Waals surface area contributed by atoms with Crippen LogP contribution in [0.3, 0.4) is 0 Å². The number of pyridine rings is 1. The van der Waals surface area contributed by atoms with Crippen LogP contribution in [0.25, 0.3) is 0 Å². The Balaban J connectivity index is 2.27. The zero-order valence-corrected chi connectivity index (χ0v) is 10.5. The van der Waals surface area contributed by atoms with Crippen molar-refractivity contribution in [2.24, 2.45) is 11.7 Å². The largest absolute Gasteiger partial charge is 0.369 e. The summed E-state index contributed by atoms with van der Waals surface area (Å²) in [5, 5.41) is 0. The first-order valence-corrected chi connectivity index (χ1v) is 5.87. The Hall–Kier alpha value is -1.18. The predicted molar refractivity (Wildman–Crippen MR) is 66.6 cm³/mol. The highest BCUT2D eigenvalue weighted by molar-refractivity contribution is 14.1. The lowest BCUT2D eigenvalue weighted by molar-refractivity contribution is -0.123. The van der Waals surface area contributed by atoms with E-state index in [0.29, 0.717) is 6.54 Å². The number of halogens is 1. The van der Waals surface area contributed by atoms with Gasteiger partial charge in [-0.25, -0.2) is 4.98 Å². The number of rotatable bonds is 2. The molecule has 1 aromatic rings. The van der Waals surface area contributed by atoms with Crippen LogP contribution in [-0.2, 0) is 9.59 Å². The fourth-order valence-corrected chi connectivity index (χ4v) is 2.34. The molecule has 2 rings (SSSR count). The van der Waals surface area contributed by atoms with Gasteiger partial charge in [0.25, 0.3) is 0 Å². The first kappa shape index (κ1) is 11.3. The zero-order chi connectivity index (χ0) is 11.7. The van der Waals surface area contributed by atoms with E-state index in [9.17, 15) is 9.59 Å². The number of nitrogens with two attached hydrogens (primary N) is 1. The number of amides is 2. The van der Waals surface area contributed by atoms with Gasteiger partial charge in [-0.3, -0.25) is 9.59 Å². The highest BCUT2D eigenvalue weighted by Gasteiger charge is 2.34. The van der Waals surface area contributed by atoms with Crippen LogP contribution in [0.15, 0.2) is 18.3 Å². The lowest BCUT2D eigenvalue weighted by Crippen LogP contribution is -2.29. The second-order valence-corrected chi connectivity index (χ2v) is 4.64. The normalized spacial score (nSPS) is 20.2. The van der Waals surface area contributed by atoms with Gasteiger partial charge in [-0.15, -0.1) is 0 Å². The van der Waals surface area contributed by atoms with Crippen molar-refractivity contribution in [1.29, 1.82) is 0 Å². The Morgan fingerprint density at radius 3 is 2.94 bits per heavy atom. The molecule has 16 heavy (non-hydrogen) atoms. The van der Waals surface area contributed by atoms with Gasteiger partial charge in [0.15, 0.2) is 0 Å². The van der Waals surface area contributed by atoms with E-state index < -0.39 is 5.91 Å². The first-order valence-electron chi connectivity index (χ1n) is 4.80. The smallest absolute Gasteiger partial charge is 0.227 e. The maximum atomic E-state index is 11.7. The Bertz CT molecular complexity index is 449. The van der Waals surface area contributed by atoms with Crippen molar-refractivity contribution in [2.75, 3.05) is 11.4 Å². The van der Waals surface area contributed by atoms with E-state index in [2.05, 4.69) is 27.6 Å². The highest BCUT2D eigenvalue weighted by atomic mass is 127. The molecule has 5 nitrogen and oxygen atoms in total. The van der Waals surface area contributed by atoms with Crippen molar-refractivity contribution in [3.63, 3.8) is 0 Å². The molecule has 0 saturated carbocycles. The topological polar surface area (TPSA) is 76.3 Å². The maximum Gasteiger partial charge on any atom is 0.227 e. The summed E-state index contributed by atoms with van der Waals surface area (Å²) in [7, 11) is 0. The number of hydrogen-bond donors (Lipinski definition) is 1. The molecule has 2 N–H and O–H groups in total. The van der Waals surface area contributed by atoms with Gasteiger partial charge in [0.2, 0.25) is 11.8 Å². The molecule has 1 fully saturated rings. The van der Waals surface area contributed by atoms with E-state index in [1.54, 1.807) is 17.2 Å². The molecule has 2 amide bonds. The third-order valence-corrected chi connectivity index (χ3v) is 3.39. The van der Waals surface area contributed by atoms with Crippen LogP contribution in [0.4, 0.5) is 5.69 Å². The number of carbonyl (C=O) groups excluding carboxylic acids is 2. The maximum absolute atomic E-state index is 11.7. The summed E-state index contributed by atoms with van der Waals surface area (Å²) in [6, 6.07) is 3.58. The van der Waals surface area contributed by atoms with Crippen LogP contribution in [0.5, 0.6) is 0 Å². The second-order valence-electron chi connectivity index (χ2n) is 3.62. The zero-order valence-electron chi connectivity index (χ0n) is 8.39. The summed E-state index contributed by atoms with van der Waals surface area (Å²) >= 11 is 2.06. The van der Waals surface area contributed by atoms with Crippen LogP contribution in [0.1, 0.15) is 6.42 Å². The highest BCUT2D eigenvalue weighted by Crippen LogP contribution is 2.27. The van der Waals surface area contributed by atoms with E-state index in [4.69, 9.17) is 5.73 Å². The van der Waals surface area contributed by atoms with Gasteiger partial charge >= 0.3 is 0 Å². The van der Waals surface area contributed by atoms with Gasteiger partial charge < -0.3 is 10.6 Å². The third kappa shape index (κ3) is 2.01. The number of anilines is 1. The number of hydrogen-bond acceptors (Lipinski definition) is 3. The van der Waals surface area contributed by atoms with Gasteiger partial charge in [0, 0.05) is 19.2 Å². The number of aromatic nitrogens is 1. The number of carbonyl (C=O) groups is 2. The molecular weight excluding hydrogens is 321 g/mol. The van der Waals surface area contributed by atoms with Gasteiger partial charge in [0.05, 0.1) is 11.6 Å². The van der Waals surface area contributed by atoms with Gasteiger partial charge in [-0.2, -0.15) is 0 Å². The van der Waals surface area contributed by atoms with E-state index in [1.165, 1.54) is 0 Å². The summed E-state index contributed by atoms with van der Waals surface area (Å²) in [5.74, 6) is -0.882. The van der Waals surface area contributed by atoms with Crippen LogP contribution >= 0.6 is 22.6 Å². The molecule has 0 aromatic carbocycles. The Labute approximate surface area is 106 Å². The minimum absolute atomic E-state index is 0.0743. The van der Waals surface area contributed by atoms with E-state index >= 15 is 0 Å². The average Bonchev–Trinajstić information content (AvgIpc) is 2.61. The van der Waals surface area contributed by atoms with E-state index in [0.717, 1.165) is 9.39 Å². The standard InChI is InChI=1S/C10H10IN3O2/c11-9-7(2-1-3-13-9)14-5-6(10(12)16)4-8(14)15/h1-3,6H,4-5H2,(H2,12,16). The Morgan fingerprint density at radius 1 is 1.62 bits per heavy atom. The molecule has 1 unspecified atom stereocenters. The Kier molecular flexibility index (Phi) is 3.08. The monoisotopic (exact) mass is 331 g/mol. The minimum Gasteiger partial charge on any atom is -0.369 e. The quantitative estimate of drug-likeness (QED) is 0.634. The van der Waals surface area contributed by atoms with Gasteiger partial charge in [0.1, 0.15) is 3.70 Å². The molecule has 1 saturated heterocycles. The molecule has 84 valence electrons.